The highest BCUT2D eigenvalue weighted by molar-refractivity contribution is 7.12. The number of carbonyl (C=O) groups is 1. The van der Waals surface area contributed by atoms with Crippen molar-refractivity contribution in [3.05, 3.63) is 57.8 Å². The zero-order valence-electron chi connectivity index (χ0n) is 13.6. The summed E-state index contributed by atoms with van der Waals surface area (Å²) in [5.74, 6) is 0.0362. The van der Waals surface area contributed by atoms with Crippen LogP contribution in [0.25, 0.3) is 0 Å². The third-order valence-electron chi connectivity index (χ3n) is 4.49. The molecule has 0 bridgehead atoms. The van der Waals surface area contributed by atoms with Crippen LogP contribution in [0.15, 0.2) is 41.8 Å². The number of carbonyl (C=O) groups excluding carboxylic acids is 1. The van der Waals surface area contributed by atoms with E-state index in [2.05, 4.69) is 41.4 Å². The summed E-state index contributed by atoms with van der Waals surface area (Å²) in [5.41, 5.74) is 2.57. The fourth-order valence-corrected chi connectivity index (χ4v) is 3.80. The number of aryl methyl sites for hydroxylation is 1. The van der Waals surface area contributed by atoms with Crippen LogP contribution in [0, 0.1) is 6.92 Å². The highest BCUT2D eigenvalue weighted by atomic mass is 32.1. The first-order valence-corrected chi connectivity index (χ1v) is 9.24. The summed E-state index contributed by atoms with van der Waals surface area (Å²) >= 11 is 1.49. The van der Waals surface area contributed by atoms with Crippen molar-refractivity contribution < 1.29 is 4.79 Å². The van der Waals surface area contributed by atoms with Gasteiger partial charge in [0.05, 0.1) is 10.9 Å². The minimum atomic E-state index is 0.0362. The third kappa shape index (κ3) is 4.21. The smallest absolute Gasteiger partial charge is 0.261 e. The quantitative estimate of drug-likeness (QED) is 0.899. The predicted octanol–water partition coefficient (Wildman–Crippen LogP) is 4.01. The lowest BCUT2D eigenvalue weighted by Gasteiger charge is -2.35. The summed E-state index contributed by atoms with van der Waals surface area (Å²) in [6.45, 7) is 5.01. The largest absolute Gasteiger partial charge is 0.349 e. The van der Waals surface area contributed by atoms with E-state index >= 15 is 0 Å². The maximum atomic E-state index is 12.3. The topological polar surface area (TPSA) is 32.3 Å². The number of thiophene rings is 1. The van der Waals surface area contributed by atoms with Crippen molar-refractivity contribution in [1.82, 2.24) is 10.2 Å². The van der Waals surface area contributed by atoms with E-state index in [-0.39, 0.29) is 11.9 Å². The van der Waals surface area contributed by atoms with Crippen molar-refractivity contribution in [2.24, 2.45) is 0 Å². The van der Waals surface area contributed by atoms with E-state index in [0.29, 0.717) is 6.54 Å². The lowest BCUT2D eigenvalue weighted by atomic mass is 10.0. The summed E-state index contributed by atoms with van der Waals surface area (Å²) in [5, 5.41) is 5.07. The number of nitrogens with one attached hydrogen (secondary N) is 1. The number of hydrogen-bond donors (Lipinski definition) is 1. The molecule has 3 rings (SSSR count). The molecule has 1 aliphatic rings. The molecule has 122 valence electrons. The van der Waals surface area contributed by atoms with Crippen LogP contribution in [0.1, 0.15) is 46.1 Å². The van der Waals surface area contributed by atoms with Gasteiger partial charge in [-0.2, -0.15) is 0 Å². The van der Waals surface area contributed by atoms with E-state index in [0.717, 1.165) is 18.0 Å². The molecule has 1 amide bonds. The molecule has 1 N–H and O–H groups in total. The fourth-order valence-electron chi connectivity index (χ4n) is 3.16. The normalized spacial score (nSPS) is 16.9. The van der Waals surface area contributed by atoms with E-state index in [1.54, 1.807) is 0 Å². The van der Waals surface area contributed by atoms with Gasteiger partial charge in [-0.05, 0) is 49.9 Å². The summed E-state index contributed by atoms with van der Waals surface area (Å²) in [7, 11) is 0. The van der Waals surface area contributed by atoms with Gasteiger partial charge in [0.15, 0.2) is 0 Å². The van der Waals surface area contributed by atoms with Gasteiger partial charge >= 0.3 is 0 Å². The average Bonchev–Trinajstić information content (AvgIpc) is 3.12. The van der Waals surface area contributed by atoms with Crippen LogP contribution in [-0.2, 0) is 0 Å². The lowest BCUT2D eigenvalue weighted by molar-refractivity contribution is 0.0928. The van der Waals surface area contributed by atoms with E-state index < -0.39 is 0 Å². The number of nitrogens with zero attached hydrogens (tertiary/aromatic N) is 1. The van der Waals surface area contributed by atoms with Crippen molar-refractivity contribution in [1.29, 1.82) is 0 Å². The van der Waals surface area contributed by atoms with Crippen molar-refractivity contribution in [2.45, 2.75) is 32.2 Å². The molecular formula is C19H24N2OS. The van der Waals surface area contributed by atoms with Gasteiger partial charge in [0, 0.05) is 6.54 Å². The van der Waals surface area contributed by atoms with Crippen LogP contribution in [0.3, 0.4) is 0 Å². The summed E-state index contributed by atoms with van der Waals surface area (Å²) < 4.78 is 0. The number of benzene rings is 1. The Morgan fingerprint density at radius 1 is 1.17 bits per heavy atom. The number of likely N-dealkylation sites (tertiary alicyclic amines) is 1. The van der Waals surface area contributed by atoms with Gasteiger partial charge in [-0.1, -0.05) is 42.3 Å². The second kappa shape index (κ2) is 7.75. The van der Waals surface area contributed by atoms with E-state index in [9.17, 15) is 4.79 Å². The van der Waals surface area contributed by atoms with Gasteiger partial charge in [0.2, 0.25) is 0 Å². The Bertz CT molecular complexity index is 615. The minimum absolute atomic E-state index is 0.0362. The van der Waals surface area contributed by atoms with Crippen molar-refractivity contribution in [2.75, 3.05) is 19.6 Å². The second-order valence-corrected chi connectivity index (χ2v) is 7.16. The number of hydrogen-bond acceptors (Lipinski definition) is 3. The molecule has 0 aliphatic carbocycles. The molecule has 0 saturated carbocycles. The molecule has 0 spiro atoms. The van der Waals surface area contributed by atoms with Gasteiger partial charge in [-0.25, -0.2) is 0 Å². The first kappa shape index (κ1) is 16.2. The monoisotopic (exact) mass is 328 g/mol. The fraction of sp³-hybridized carbons (Fsp3) is 0.421. The van der Waals surface area contributed by atoms with E-state index in [1.165, 1.54) is 41.7 Å². The van der Waals surface area contributed by atoms with Crippen LogP contribution in [0.5, 0.6) is 0 Å². The Morgan fingerprint density at radius 2 is 1.91 bits per heavy atom. The maximum Gasteiger partial charge on any atom is 0.261 e. The lowest BCUT2D eigenvalue weighted by Crippen LogP contribution is -2.40. The standard InChI is InChI=1S/C19H24N2OS/c1-15-7-9-16(10-8-15)17(21-11-3-2-4-12-21)14-20-19(22)18-6-5-13-23-18/h5-10,13,17H,2-4,11-12,14H2,1H3,(H,20,22)/t17-/m1/s1. The minimum Gasteiger partial charge on any atom is -0.349 e. The van der Waals surface area contributed by atoms with Crippen LogP contribution in [0.4, 0.5) is 0 Å². The first-order chi connectivity index (χ1) is 11.2. The van der Waals surface area contributed by atoms with Crippen molar-refractivity contribution >= 4 is 17.2 Å². The molecule has 1 aromatic heterocycles. The van der Waals surface area contributed by atoms with Gasteiger partial charge in [-0.3, -0.25) is 9.69 Å². The maximum absolute atomic E-state index is 12.3. The molecule has 3 nitrogen and oxygen atoms in total. The molecule has 2 heterocycles. The van der Waals surface area contributed by atoms with E-state index in [4.69, 9.17) is 0 Å². The Hall–Kier alpha value is -1.65. The highest BCUT2D eigenvalue weighted by Crippen LogP contribution is 2.24. The molecule has 1 saturated heterocycles. The SMILES string of the molecule is Cc1ccc([C@@H](CNC(=O)c2cccs2)N2CCCCC2)cc1. The zero-order valence-corrected chi connectivity index (χ0v) is 14.4. The molecule has 0 unspecified atom stereocenters. The van der Waals surface area contributed by atoms with Gasteiger partial charge < -0.3 is 5.32 Å². The van der Waals surface area contributed by atoms with Crippen LogP contribution in [0.2, 0.25) is 0 Å². The van der Waals surface area contributed by atoms with Crippen LogP contribution >= 0.6 is 11.3 Å². The third-order valence-corrected chi connectivity index (χ3v) is 5.36. The van der Waals surface area contributed by atoms with Crippen molar-refractivity contribution in [3.63, 3.8) is 0 Å². The summed E-state index contributed by atoms with van der Waals surface area (Å²) in [6, 6.07) is 12.8. The molecular weight excluding hydrogens is 304 g/mol. The van der Waals surface area contributed by atoms with Crippen LogP contribution in [-0.4, -0.2) is 30.4 Å². The Balaban J connectivity index is 1.72. The first-order valence-electron chi connectivity index (χ1n) is 8.36. The number of rotatable bonds is 5. The zero-order chi connectivity index (χ0) is 16.1. The van der Waals surface area contributed by atoms with Gasteiger partial charge in [-0.15, -0.1) is 11.3 Å². The molecule has 1 aliphatic heterocycles. The summed E-state index contributed by atoms with van der Waals surface area (Å²) in [4.78, 5) is 15.6. The Kier molecular flexibility index (Phi) is 5.47. The second-order valence-electron chi connectivity index (χ2n) is 6.21. The predicted molar refractivity (Wildman–Crippen MR) is 96.0 cm³/mol. The van der Waals surface area contributed by atoms with E-state index in [1.807, 2.05) is 17.5 Å². The van der Waals surface area contributed by atoms with Crippen molar-refractivity contribution in [3.8, 4) is 0 Å². The molecule has 1 fully saturated rings. The molecule has 1 atom stereocenters. The highest BCUT2D eigenvalue weighted by Gasteiger charge is 2.23. The molecule has 2 aromatic rings. The Morgan fingerprint density at radius 3 is 2.57 bits per heavy atom. The molecule has 1 aromatic carbocycles. The van der Waals surface area contributed by atoms with Crippen LogP contribution < -0.4 is 5.32 Å². The Labute approximate surface area is 142 Å². The number of piperidine rings is 1. The average molecular weight is 328 g/mol. The molecule has 4 heteroatoms. The molecule has 23 heavy (non-hydrogen) atoms. The van der Waals surface area contributed by atoms with Gasteiger partial charge in [0.1, 0.15) is 0 Å². The number of amides is 1. The summed E-state index contributed by atoms with van der Waals surface area (Å²) in [6.07, 6.45) is 3.82. The molecule has 0 radical (unpaired) electrons. The van der Waals surface area contributed by atoms with Gasteiger partial charge in [0.25, 0.3) is 5.91 Å².